The van der Waals surface area contributed by atoms with Gasteiger partial charge in [-0.15, -0.1) is 11.8 Å². The van der Waals surface area contributed by atoms with E-state index in [1.165, 1.54) is 11.8 Å². The number of carboxylic acids is 1. The molecule has 0 radical (unpaired) electrons. The first-order chi connectivity index (χ1) is 6.61. The quantitative estimate of drug-likeness (QED) is 0.829. The van der Waals surface area contributed by atoms with Gasteiger partial charge in [0, 0.05) is 6.20 Å². The highest BCUT2D eigenvalue weighted by Crippen LogP contribution is 2.34. The predicted octanol–water partition coefficient (Wildman–Crippen LogP) is 2.13. The number of aromatic nitrogens is 1. The van der Waals surface area contributed by atoms with Crippen molar-refractivity contribution in [3.63, 3.8) is 0 Å². The van der Waals surface area contributed by atoms with E-state index in [0.29, 0.717) is 5.69 Å². The molecular weight excluding hydrogens is 198 g/mol. The number of aliphatic carboxylic acids is 1. The van der Waals surface area contributed by atoms with Crippen LogP contribution in [-0.2, 0) is 9.54 Å². The van der Waals surface area contributed by atoms with E-state index in [1.54, 1.807) is 31.3 Å². The van der Waals surface area contributed by atoms with Crippen molar-refractivity contribution < 1.29 is 9.90 Å². The second-order valence-corrected chi connectivity index (χ2v) is 4.67. The van der Waals surface area contributed by atoms with E-state index in [9.17, 15) is 4.79 Å². The van der Waals surface area contributed by atoms with Gasteiger partial charge in [-0.1, -0.05) is 13.0 Å². The number of carbonyl (C=O) groups is 1. The number of hydrogen-bond donors (Lipinski definition) is 1. The highest BCUT2D eigenvalue weighted by atomic mass is 32.2. The lowest BCUT2D eigenvalue weighted by atomic mass is 10.1. The molecule has 1 aromatic heterocycles. The van der Waals surface area contributed by atoms with Gasteiger partial charge in [-0.2, -0.15) is 0 Å². The maximum absolute atomic E-state index is 11.2. The lowest BCUT2D eigenvalue weighted by Gasteiger charge is -2.22. The van der Waals surface area contributed by atoms with Gasteiger partial charge in [-0.05, 0) is 24.8 Å². The van der Waals surface area contributed by atoms with Crippen molar-refractivity contribution >= 4 is 17.7 Å². The zero-order valence-electron chi connectivity index (χ0n) is 8.23. The van der Waals surface area contributed by atoms with E-state index in [2.05, 4.69) is 4.98 Å². The number of pyridine rings is 1. The monoisotopic (exact) mass is 211 g/mol. The molecule has 14 heavy (non-hydrogen) atoms. The molecule has 3 nitrogen and oxygen atoms in total. The van der Waals surface area contributed by atoms with Crippen LogP contribution >= 0.6 is 11.8 Å². The summed E-state index contributed by atoms with van der Waals surface area (Å²) in [6, 6.07) is 5.33. The lowest BCUT2D eigenvalue weighted by molar-refractivity contribution is -0.139. The minimum Gasteiger partial charge on any atom is -0.480 e. The minimum absolute atomic E-state index is 0.597. The van der Waals surface area contributed by atoms with Gasteiger partial charge in [0.25, 0.3) is 0 Å². The molecule has 0 fully saturated rings. The summed E-state index contributed by atoms with van der Waals surface area (Å²) in [6.45, 7) is 3.63. The Kier molecular flexibility index (Phi) is 3.52. The summed E-state index contributed by atoms with van der Waals surface area (Å²) >= 11 is 1.38. The summed E-state index contributed by atoms with van der Waals surface area (Å²) in [7, 11) is 0. The van der Waals surface area contributed by atoms with E-state index in [0.717, 1.165) is 5.75 Å². The Balaban J connectivity index is 3.06. The van der Waals surface area contributed by atoms with Crippen LogP contribution in [0.1, 0.15) is 19.5 Å². The molecular formula is C10H13NO2S. The molecule has 1 atom stereocenters. The fourth-order valence-corrected chi connectivity index (χ4v) is 2.15. The third-order valence-corrected chi connectivity index (χ3v) is 3.24. The van der Waals surface area contributed by atoms with Crippen molar-refractivity contribution in [3.05, 3.63) is 30.1 Å². The number of rotatable bonds is 4. The summed E-state index contributed by atoms with van der Waals surface area (Å²) in [5, 5.41) is 9.16. The number of thioether (sulfide) groups is 1. The number of nitrogens with zero attached hydrogens (tertiary/aromatic N) is 1. The Labute approximate surface area is 87.6 Å². The molecule has 1 N–H and O–H groups in total. The van der Waals surface area contributed by atoms with Gasteiger partial charge >= 0.3 is 5.97 Å². The standard InChI is InChI=1S/C10H13NO2S/c1-3-14-10(2,9(12)13)8-6-4-5-7-11-8/h4-7H,3H2,1-2H3,(H,12,13). The molecule has 0 aromatic carbocycles. The Bertz CT molecular complexity index is 315. The first kappa shape index (κ1) is 11.0. The SMILES string of the molecule is CCSC(C)(C(=O)O)c1ccccn1. The molecule has 76 valence electrons. The third kappa shape index (κ3) is 2.07. The second-order valence-electron chi connectivity index (χ2n) is 2.99. The van der Waals surface area contributed by atoms with Gasteiger partial charge in [0.2, 0.25) is 0 Å². The maximum atomic E-state index is 11.2. The maximum Gasteiger partial charge on any atom is 0.325 e. The lowest BCUT2D eigenvalue weighted by Crippen LogP contribution is -2.29. The summed E-state index contributed by atoms with van der Waals surface area (Å²) in [5.74, 6) is -0.0950. The van der Waals surface area contributed by atoms with E-state index in [-0.39, 0.29) is 0 Å². The highest BCUT2D eigenvalue weighted by molar-refractivity contribution is 8.00. The zero-order valence-corrected chi connectivity index (χ0v) is 9.04. The molecule has 0 saturated carbocycles. The Morgan fingerprint density at radius 3 is 2.79 bits per heavy atom. The van der Waals surface area contributed by atoms with Gasteiger partial charge in [-0.3, -0.25) is 9.78 Å². The average Bonchev–Trinajstić information content (AvgIpc) is 2.19. The molecule has 1 unspecified atom stereocenters. The van der Waals surface area contributed by atoms with Crippen LogP contribution in [0.5, 0.6) is 0 Å². The predicted molar refractivity (Wildman–Crippen MR) is 57.4 cm³/mol. The molecule has 0 aliphatic heterocycles. The van der Waals surface area contributed by atoms with E-state index in [1.807, 2.05) is 6.92 Å². The number of hydrogen-bond acceptors (Lipinski definition) is 3. The van der Waals surface area contributed by atoms with Gasteiger partial charge in [0.15, 0.2) is 4.75 Å². The molecule has 1 rings (SSSR count). The Morgan fingerprint density at radius 1 is 1.64 bits per heavy atom. The smallest absolute Gasteiger partial charge is 0.325 e. The van der Waals surface area contributed by atoms with Crippen molar-refractivity contribution in [2.45, 2.75) is 18.6 Å². The first-order valence-corrected chi connectivity index (χ1v) is 5.38. The molecule has 0 amide bonds. The van der Waals surface area contributed by atoms with Crippen LogP contribution in [0.2, 0.25) is 0 Å². The second kappa shape index (κ2) is 4.46. The van der Waals surface area contributed by atoms with Crippen LogP contribution in [0, 0.1) is 0 Å². The molecule has 1 heterocycles. The van der Waals surface area contributed by atoms with Gasteiger partial charge in [-0.25, -0.2) is 0 Å². The molecule has 0 spiro atoms. The fourth-order valence-electron chi connectivity index (χ4n) is 1.18. The van der Waals surface area contributed by atoms with Crippen molar-refractivity contribution in [3.8, 4) is 0 Å². The summed E-state index contributed by atoms with van der Waals surface area (Å²) in [4.78, 5) is 15.2. The van der Waals surface area contributed by atoms with Crippen LogP contribution < -0.4 is 0 Å². The molecule has 0 saturated heterocycles. The average molecular weight is 211 g/mol. The fraction of sp³-hybridized carbons (Fsp3) is 0.400. The van der Waals surface area contributed by atoms with Gasteiger partial charge < -0.3 is 5.11 Å². The van der Waals surface area contributed by atoms with E-state index in [4.69, 9.17) is 5.11 Å². The zero-order chi connectivity index (χ0) is 10.6. The van der Waals surface area contributed by atoms with Crippen LogP contribution in [0.3, 0.4) is 0 Å². The van der Waals surface area contributed by atoms with Crippen molar-refractivity contribution in [2.24, 2.45) is 0 Å². The van der Waals surface area contributed by atoms with Crippen molar-refractivity contribution in [1.82, 2.24) is 4.98 Å². The summed E-state index contributed by atoms with van der Waals surface area (Å²) in [6.07, 6.45) is 1.62. The molecule has 1 aromatic rings. The van der Waals surface area contributed by atoms with E-state index < -0.39 is 10.7 Å². The number of carboxylic acid groups (broad SMARTS) is 1. The van der Waals surface area contributed by atoms with Crippen LogP contribution in [-0.4, -0.2) is 21.8 Å². The van der Waals surface area contributed by atoms with Crippen LogP contribution in [0.4, 0.5) is 0 Å². The Hall–Kier alpha value is -1.03. The first-order valence-electron chi connectivity index (χ1n) is 4.40. The molecule has 0 aliphatic rings. The summed E-state index contributed by atoms with van der Waals surface area (Å²) < 4.78 is -0.935. The van der Waals surface area contributed by atoms with Crippen LogP contribution in [0.25, 0.3) is 0 Å². The normalized spacial score (nSPS) is 14.7. The van der Waals surface area contributed by atoms with E-state index >= 15 is 0 Å². The van der Waals surface area contributed by atoms with Gasteiger partial charge in [0.05, 0.1) is 5.69 Å². The van der Waals surface area contributed by atoms with Gasteiger partial charge in [0.1, 0.15) is 0 Å². The topological polar surface area (TPSA) is 50.2 Å². The molecule has 4 heteroatoms. The van der Waals surface area contributed by atoms with Crippen molar-refractivity contribution in [1.29, 1.82) is 0 Å². The molecule has 0 aliphatic carbocycles. The van der Waals surface area contributed by atoms with Crippen molar-refractivity contribution in [2.75, 3.05) is 5.75 Å². The third-order valence-electron chi connectivity index (χ3n) is 1.99. The largest absolute Gasteiger partial charge is 0.480 e. The summed E-state index contributed by atoms with van der Waals surface area (Å²) in [5.41, 5.74) is 0.597. The Morgan fingerprint density at radius 2 is 2.36 bits per heavy atom. The molecule has 0 bridgehead atoms. The van der Waals surface area contributed by atoms with Crippen LogP contribution in [0.15, 0.2) is 24.4 Å². The minimum atomic E-state index is -0.935. The highest BCUT2D eigenvalue weighted by Gasteiger charge is 2.36.